The van der Waals surface area contributed by atoms with E-state index in [0.29, 0.717) is 6.04 Å². The highest BCUT2D eigenvalue weighted by atomic mass is 15.1. The molecule has 0 amide bonds. The number of nitrogens with zero attached hydrogens (tertiary/aromatic N) is 2. The molecule has 1 aromatic heterocycles. The van der Waals surface area contributed by atoms with E-state index in [9.17, 15) is 0 Å². The van der Waals surface area contributed by atoms with E-state index in [4.69, 9.17) is 0 Å². The Morgan fingerprint density at radius 2 is 1.71 bits per heavy atom. The lowest BCUT2D eigenvalue weighted by Crippen LogP contribution is -2.48. The van der Waals surface area contributed by atoms with E-state index in [0.717, 1.165) is 12.0 Å². The Bertz CT molecular complexity index is 412. The number of pyridine rings is 1. The van der Waals surface area contributed by atoms with Gasteiger partial charge in [-0.2, -0.15) is 0 Å². The zero-order valence-electron chi connectivity index (χ0n) is 13.3. The van der Waals surface area contributed by atoms with E-state index in [1.165, 1.54) is 63.7 Å². The molecule has 1 aromatic rings. The van der Waals surface area contributed by atoms with Crippen molar-refractivity contribution >= 4 is 5.69 Å². The summed E-state index contributed by atoms with van der Waals surface area (Å²) < 4.78 is 0. The van der Waals surface area contributed by atoms with Gasteiger partial charge in [0, 0.05) is 43.3 Å². The Labute approximate surface area is 129 Å². The second-order valence-electron chi connectivity index (χ2n) is 6.86. The standard InChI is InChI=1S/C18H29N3/c1-15-5-3-2-4-6-18(15)20-16-9-13-21(14-10-16)17-7-11-19-12-8-17/h7-8,11-12,15-16,18,20H,2-6,9-10,13-14H2,1H3. The van der Waals surface area contributed by atoms with Gasteiger partial charge in [0.25, 0.3) is 0 Å². The molecule has 1 saturated heterocycles. The minimum atomic E-state index is 0.716. The van der Waals surface area contributed by atoms with Crippen molar-refractivity contribution in [1.29, 1.82) is 0 Å². The summed E-state index contributed by atoms with van der Waals surface area (Å²) >= 11 is 0. The summed E-state index contributed by atoms with van der Waals surface area (Å²) in [6.45, 7) is 4.78. The maximum absolute atomic E-state index is 4.11. The van der Waals surface area contributed by atoms with Crippen LogP contribution in [-0.4, -0.2) is 30.2 Å². The molecule has 2 heterocycles. The second-order valence-corrected chi connectivity index (χ2v) is 6.86. The van der Waals surface area contributed by atoms with Gasteiger partial charge in [0.2, 0.25) is 0 Å². The Morgan fingerprint density at radius 3 is 2.48 bits per heavy atom. The first-order chi connectivity index (χ1) is 10.3. The molecule has 1 aliphatic carbocycles. The van der Waals surface area contributed by atoms with Crippen molar-refractivity contribution in [2.75, 3.05) is 18.0 Å². The van der Waals surface area contributed by atoms with Gasteiger partial charge in [-0.1, -0.05) is 26.2 Å². The van der Waals surface area contributed by atoms with E-state index in [1.807, 2.05) is 12.4 Å². The zero-order valence-corrected chi connectivity index (χ0v) is 13.3. The molecule has 1 N–H and O–H groups in total. The monoisotopic (exact) mass is 287 g/mol. The molecule has 116 valence electrons. The van der Waals surface area contributed by atoms with Crippen molar-refractivity contribution in [2.45, 2.75) is 64.0 Å². The third-order valence-electron chi connectivity index (χ3n) is 5.33. The van der Waals surface area contributed by atoms with E-state index in [2.05, 4.69) is 34.3 Å². The maximum atomic E-state index is 4.11. The highest BCUT2D eigenvalue weighted by Crippen LogP contribution is 2.25. The predicted molar refractivity (Wildman–Crippen MR) is 88.6 cm³/mol. The molecule has 2 unspecified atom stereocenters. The van der Waals surface area contributed by atoms with Gasteiger partial charge in [0.05, 0.1) is 0 Å². The Kier molecular flexibility index (Phi) is 5.13. The van der Waals surface area contributed by atoms with Crippen molar-refractivity contribution in [3.8, 4) is 0 Å². The minimum Gasteiger partial charge on any atom is -0.371 e. The van der Waals surface area contributed by atoms with Crippen LogP contribution >= 0.6 is 0 Å². The van der Waals surface area contributed by atoms with Gasteiger partial charge in [-0.15, -0.1) is 0 Å². The smallest absolute Gasteiger partial charge is 0.0397 e. The first-order valence-corrected chi connectivity index (χ1v) is 8.74. The number of hydrogen-bond acceptors (Lipinski definition) is 3. The zero-order chi connectivity index (χ0) is 14.5. The SMILES string of the molecule is CC1CCCCCC1NC1CCN(c2ccncc2)CC1. The summed E-state index contributed by atoms with van der Waals surface area (Å²) in [6, 6.07) is 5.72. The van der Waals surface area contributed by atoms with Crippen LogP contribution in [0.25, 0.3) is 0 Å². The molecule has 21 heavy (non-hydrogen) atoms. The average molecular weight is 287 g/mol. The molecular formula is C18H29N3. The molecule has 3 rings (SSSR count). The second kappa shape index (κ2) is 7.26. The first-order valence-electron chi connectivity index (χ1n) is 8.74. The van der Waals surface area contributed by atoms with Gasteiger partial charge in [0.15, 0.2) is 0 Å². The van der Waals surface area contributed by atoms with Crippen LogP contribution in [0.3, 0.4) is 0 Å². The summed E-state index contributed by atoms with van der Waals surface area (Å²) in [6.07, 6.45) is 13.4. The van der Waals surface area contributed by atoms with E-state index < -0.39 is 0 Å². The van der Waals surface area contributed by atoms with Gasteiger partial charge in [-0.3, -0.25) is 4.98 Å². The number of hydrogen-bond donors (Lipinski definition) is 1. The Morgan fingerprint density at radius 1 is 1.00 bits per heavy atom. The van der Waals surface area contributed by atoms with E-state index in [-0.39, 0.29) is 0 Å². The number of piperidine rings is 1. The maximum Gasteiger partial charge on any atom is 0.0397 e. The highest BCUT2D eigenvalue weighted by molar-refractivity contribution is 5.44. The first kappa shape index (κ1) is 14.8. The summed E-state index contributed by atoms with van der Waals surface area (Å²) in [4.78, 5) is 6.61. The van der Waals surface area contributed by atoms with E-state index in [1.54, 1.807) is 0 Å². The van der Waals surface area contributed by atoms with Crippen molar-refractivity contribution in [2.24, 2.45) is 5.92 Å². The number of anilines is 1. The summed E-state index contributed by atoms with van der Waals surface area (Å²) in [7, 11) is 0. The molecule has 3 nitrogen and oxygen atoms in total. The molecule has 3 heteroatoms. The normalized spacial score (nSPS) is 28.3. The molecule has 2 aliphatic rings. The van der Waals surface area contributed by atoms with E-state index >= 15 is 0 Å². The van der Waals surface area contributed by atoms with Crippen LogP contribution in [0.4, 0.5) is 5.69 Å². The summed E-state index contributed by atoms with van der Waals surface area (Å²) in [5.74, 6) is 0.853. The quantitative estimate of drug-likeness (QED) is 0.861. The lowest BCUT2D eigenvalue weighted by Gasteiger charge is -2.37. The largest absolute Gasteiger partial charge is 0.371 e. The molecular weight excluding hydrogens is 258 g/mol. The molecule has 1 saturated carbocycles. The third kappa shape index (κ3) is 3.97. The van der Waals surface area contributed by atoms with Gasteiger partial charge in [-0.25, -0.2) is 0 Å². The van der Waals surface area contributed by atoms with Crippen molar-refractivity contribution in [1.82, 2.24) is 10.3 Å². The average Bonchev–Trinajstić information content (AvgIpc) is 2.74. The van der Waals surface area contributed by atoms with Gasteiger partial charge in [-0.05, 0) is 43.7 Å². The van der Waals surface area contributed by atoms with Crippen LogP contribution in [0.2, 0.25) is 0 Å². The van der Waals surface area contributed by atoms with Gasteiger partial charge < -0.3 is 10.2 Å². The molecule has 0 bridgehead atoms. The molecule has 0 radical (unpaired) electrons. The fourth-order valence-electron chi connectivity index (χ4n) is 3.90. The van der Waals surface area contributed by atoms with Crippen LogP contribution in [0.15, 0.2) is 24.5 Å². The van der Waals surface area contributed by atoms with Crippen molar-refractivity contribution < 1.29 is 0 Å². The molecule has 1 aliphatic heterocycles. The molecule has 0 aromatic carbocycles. The van der Waals surface area contributed by atoms with Crippen molar-refractivity contribution in [3.63, 3.8) is 0 Å². The number of rotatable bonds is 3. The van der Waals surface area contributed by atoms with Crippen LogP contribution < -0.4 is 10.2 Å². The molecule has 2 fully saturated rings. The van der Waals surface area contributed by atoms with Crippen LogP contribution in [0.1, 0.15) is 51.9 Å². The summed E-state index contributed by atoms with van der Waals surface area (Å²) in [5, 5.41) is 3.98. The topological polar surface area (TPSA) is 28.2 Å². The Balaban J connectivity index is 1.49. The van der Waals surface area contributed by atoms with Gasteiger partial charge in [0.1, 0.15) is 0 Å². The highest BCUT2D eigenvalue weighted by Gasteiger charge is 2.25. The lowest BCUT2D eigenvalue weighted by molar-refractivity contribution is 0.293. The predicted octanol–water partition coefficient (Wildman–Crippen LogP) is 3.61. The molecule has 2 atom stereocenters. The number of aromatic nitrogens is 1. The lowest BCUT2D eigenvalue weighted by atomic mass is 9.94. The molecule has 0 spiro atoms. The van der Waals surface area contributed by atoms with Crippen LogP contribution in [-0.2, 0) is 0 Å². The minimum absolute atomic E-state index is 0.716. The number of nitrogens with one attached hydrogen (secondary N) is 1. The van der Waals surface area contributed by atoms with Gasteiger partial charge >= 0.3 is 0 Å². The van der Waals surface area contributed by atoms with Crippen molar-refractivity contribution in [3.05, 3.63) is 24.5 Å². The van der Waals surface area contributed by atoms with Crippen LogP contribution in [0.5, 0.6) is 0 Å². The fourth-order valence-corrected chi connectivity index (χ4v) is 3.90. The third-order valence-corrected chi connectivity index (χ3v) is 5.33. The summed E-state index contributed by atoms with van der Waals surface area (Å²) in [5.41, 5.74) is 1.33. The fraction of sp³-hybridized carbons (Fsp3) is 0.722. The van der Waals surface area contributed by atoms with Crippen LogP contribution in [0, 0.1) is 5.92 Å². The Hall–Kier alpha value is -1.09.